The van der Waals surface area contributed by atoms with E-state index in [1.807, 2.05) is 6.07 Å². The van der Waals surface area contributed by atoms with E-state index in [9.17, 15) is 18.0 Å². The summed E-state index contributed by atoms with van der Waals surface area (Å²) in [7, 11) is -3.01. The van der Waals surface area contributed by atoms with Crippen molar-refractivity contribution in [3.05, 3.63) is 17.5 Å². The molecule has 2 N–H and O–H groups in total. The molecule has 3 fully saturated rings. The van der Waals surface area contributed by atoms with Crippen molar-refractivity contribution in [2.24, 2.45) is 11.7 Å². The first kappa shape index (κ1) is 17.5. The van der Waals surface area contributed by atoms with Crippen molar-refractivity contribution in [2.75, 3.05) is 24.6 Å². The number of hydrogen-bond acceptors (Lipinski definition) is 5. The molecule has 1 atom stereocenters. The number of carbonyl (C=O) groups is 2. The highest BCUT2D eigenvalue weighted by Gasteiger charge is 2.37. The van der Waals surface area contributed by atoms with Crippen molar-refractivity contribution in [3.63, 3.8) is 0 Å². The minimum absolute atomic E-state index is 0.103. The Morgan fingerprint density at radius 2 is 1.81 bits per heavy atom. The average Bonchev–Trinajstić information content (AvgIpc) is 3.26. The summed E-state index contributed by atoms with van der Waals surface area (Å²) in [5, 5.41) is 4.52. The zero-order valence-corrected chi connectivity index (χ0v) is 15.5. The van der Waals surface area contributed by atoms with Crippen LogP contribution in [-0.2, 0) is 14.6 Å². The topological polar surface area (TPSA) is 115 Å². The molecule has 3 aliphatic rings. The number of amides is 2. The molecule has 0 radical (unpaired) electrons. The number of piperidine rings is 1. The number of likely N-dealkylation sites (tertiary alicyclic amines) is 1. The van der Waals surface area contributed by atoms with E-state index in [0.29, 0.717) is 44.0 Å². The first-order valence-electron chi connectivity index (χ1n) is 9.22. The second kappa shape index (κ2) is 6.37. The third kappa shape index (κ3) is 3.36. The van der Waals surface area contributed by atoms with Gasteiger partial charge in [0, 0.05) is 30.6 Å². The van der Waals surface area contributed by atoms with Gasteiger partial charge in [-0.25, -0.2) is 8.42 Å². The van der Waals surface area contributed by atoms with Crippen LogP contribution in [0.1, 0.15) is 60.2 Å². The molecule has 0 bridgehead atoms. The van der Waals surface area contributed by atoms with Crippen molar-refractivity contribution in [1.82, 2.24) is 14.7 Å². The molecule has 142 valence electrons. The van der Waals surface area contributed by atoms with E-state index in [2.05, 4.69) is 5.10 Å². The predicted molar refractivity (Wildman–Crippen MR) is 94.3 cm³/mol. The Balaban J connectivity index is 1.53. The standard InChI is InChI=1S/C17H24N4O4S/c18-16(22)12-3-6-20(7-4-12)17(23)14-9-15(11-1-2-11)21(19-14)13-5-8-26(24,25)10-13/h9,11-13H,1-8,10H2,(H2,18,22). The fourth-order valence-corrected chi connectivity index (χ4v) is 5.68. The summed E-state index contributed by atoms with van der Waals surface area (Å²) in [5.74, 6) is 0.0574. The van der Waals surface area contributed by atoms with Crippen molar-refractivity contribution in [3.8, 4) is 0 Å². The van der Waals surface area contributed by atoms with Gasteiger partial charge in [-0.3, -0.25) is 14.3 Å². The van der Waals surface area contributed by atoms with E-state index in [4.69, 9.17) is 5.73 Å². The minimum atomic E-state index is -3.01. The molecule has 26 heavy (non-hydrogen) atoms. The van der Waals surface area contributed by atoms with Crippen LogP contribution in [0, 0.1) is 5.92 Å². The maximum absolute atomic E-state index is 12.8. The van der Waals surface area contributed by atoms with Gasteiger partial charge < -0.3 is 10.6 Å². The largest absolute Gasteiger partial charge is 0.369 e. The smallest absolute Gasteiger partial charge is 0.274 e. The minimum Gasteiger partial charge on any atom is -0.369 e. The monoisotopic (exact) mass is 380 g/mol. The lowest BCUT2D eigenvalue weighted by atomic mass is 9.96. The van der Waals surface area contributed by atoms with Gasteiger partial charge in [-0.15, -0.1) is 0 Å². The van der Waals surface area contributed by atoms with E-state index < -0.39 is 9.84 Å². The lowest BCUT2D eigenvalue weighted by molar-refractivity contribution is -0.123. The van der Waals surface area contributed by atoms with Crippen molar-refractivity contribution in [2.45, 2.75) is 44.1 Å². The molecule has 3 heterocycles. The second-order valence-corrected chi connectivity index (χ2v) is 9.93. The number of primary amides is 1. The lowest BCUT2D eigenvalue weighted by Crippen LogP contribution is -2.41. The molecule has 0 aromatic carbocycles. The number of hydrogen-bond donors (Lipinski definition) is 1. The Labute approximate surface area is 152 Å². The molecular formula is C17H24N4O4S. The molecular weight excluding hydrogens is 356 g/mol. The highest BCUT2D eigenvalue weighted by Crippen LogP contribution is 2.42. The fraction of sp³-hybridized carbons (Fsp3) is 0.706. The van der Waals surface area contributed by atoms with Crippen LogP contribution >= 0.6 is 0 Å². The van der Waals surface area contributed by atoms with E-state index >= 15 is 0 Å². The number of sulfone groups is 1. The summed E-state index contributed by atoms with van der Waals surface area (Å²) in [5.41, 5.74) is 6.72. The van der Waals surface area contributed by atoms with Crippen LogP contribution in [-0.4, -0.2) is 59.5 Å². The van der Waals surface area contributed by atoms with Gasteiger partial charge in [0.05, 0.1) is 17.5 Å². The van der Waals surface area contributed by atoms with Crippen LogP contribution in [0.4, 0.5) is 0 Å². The molecule has 1 aromatic rings. The number of rotatable bonds is 4. The summed E-state index contributed by atoms with van der Waals surface area (Å²) in [6.45, 7) is 0.992. The Hall–Kier alpha value is -1.90. The molecule has 9 heteroatoms. The Morgan fingerprint density at radius 1 is 1.12 bits per heavy atom. The van der Waals surface area contributed by atoms with Crippen molar-refractivity contribution in [1.29, 1.82) is 0 Å². The Morgan fingerprint density at radius 3 is 2.35 bits per heavy atom. The summed E-state index contributed by atoms with van der Waals surface area (Å²) < 4.78 is 25.5. The maximum Gasteiger partial charge on any atom is 0.274 e. The fourth-order valence-electron chi connectivity index (χ4n) is 3.99. The number of nitrogens with two attached hydrogens (primary N) is 1. The molecule has 2 amide bonds. The first-order valence-corrected chi connectivity index (χ1v) is 11.0. The van der Waals surface area contributed by atoms with Crippen LogP contribution in [0.2, 0.25) is 0 Å². The van der Waals surface area contributed by atoms with Gasteiger partial charge in [-0.2, -0.15) is 5.10 Å². The van der Waals surface area contributed by atoms with Gasteiger partial charge in [0.25, 0.3) is 5.91 Å². The van der Waals surface area contributed by atoms with Crippen LogP contribution in [0.5, 0.6) is 0 Å². The number of aromatic nitrogens is 2. The predicted octanol–water partition coefficient (Wildman–Crippen LogP) is 0.458. The summed E-state index contributed by atoms with van der Waals surface area (Å²) in [4.78, 5) is 25.8. The molecule has 2 aliphatic heterocycles. The van der Waals surface area contributed by atoms with E-state index in [1.165, 1.54) is 0 Å². The third-order valence-corrected chi connectivity index (χ3v) is 7.47. The van der Waals surface area contributed by atoms with Gasteiger partial charge in [0.15, 0.2) is 15.5 Å². The van der Waals surface area contributed by atoms with Crippen LogP contribution < -0.4 is 5.73 Å². The normalized spacial score (nSPS) is 26.2. The average molecular weight is 380 g/mol. The summed E-state index contributed by atoms with van der Waals surface area (Å²) >= 11 is 0. The molecule has 8 nitrogen and oxygen atoms in total. The first-order chi connectivity index (χ1) is 12.3. The highest BCUT2D eigenvalue weighted by atomic mass is 32.2. The Bertz CT molecular complexity index is 835. The molecule has 2 saturated heterocycles. The molecule has 1 aliphatic carbocycles. The number of nitrogens with zero attached hydrogens (tertiary/aromatic N) is 3. The van der Waals surface area contributed by atoms with Crippen molar-refractivity contribution >= 4 is 21.7 Å². The van der Waals surface area contributed by atoms with E-state index in [-0.39, 0.29) is 35.3 Å². The van der Waals surface area contributed by atoms with Crippen LogP contribution in [0.25, 0.3) is 0 Å². The second-order valence-electron chi connectivity index (χ2n) is 7.70. The Kier molecular flexibility index (Phi) is 4.29. The van der Waals surface area contributed by atoms with Gasteiger partial charge in [0.2, 0.25) is 5.91 Å². The molecule has 1 unspecified atom stereocenters. The summed E-state index contributed by atoms with van der Waals surface area (Å²) in [6.07, 6.45) is 3.84. The van der Waals surface area contributed by atoms with Crippen LogP contribution in [0.3, 0.4) is 0 Å². The quantitative estimate of drug-likeness (QED) is 0.815. The molecule has 4 rings (SSSR count). The maximum atomic E-state index is 12.8. The van der Waals surface area contributed by atoms with Gasteiger partial charge in [-0.05, 0) is 38.2 Å². The van der Waals surface area contributed by atoms with Crippen molar-refractivity contribution < 1.29 is 18.0 Å². The molecule has 1 aromatic heterocycles. The molecule has 0 spiro atoms. The lowest BCUT2D eigenvalue weighted by Gasteiger charge is -2.30. The van der Waals surface area contributed by atoms with E-state index in [0.717, 1.165) is 18.5 Å². The third-order valence-electron chi connectivity index (χ3n) is 5.72. The highest BCUT2D eigenvalue weighted by molar-refractivity contribution is 7.91. The van der Waals surface area contributed by atoms with Gasteiger partial charge in [0.1, 0.15) is 0 Å². The summed E-state index contributed by atoms with van der Waals surface area (Å²) in [6, 6.07) is 1.67. The van der Waals surface area contributed by atoms with E-state index in [1.54, 1.807) is 9.58 Å². The SMILES string of the molecule is NC(=O)C1CCN(C(=O)c2cc(C3CC3)n(C3CCS(=O)(=O)C3)n2)CC1. The van der Waals surface area contributed by atoms with Crippen LogP contribution in [0.15, 0.2) is 6.07 Å². The zero-order chi connectivity index (χ0) is 18.5. The number of carbonyl (C=O) groups excluding carboxylic acids is 2. The zero-order valence-electron chi connectivity index (χ0n) is 14.6. The van der Waals surface area contributed by atoms with Gasteiger partial charge in [-0.1, -0.05) is 0 Å². The van der Waals surface area contributed by atoms with Gasteiger partial charge >= 0.3 is 0 Å². The molecule has 1 saturated carbocycles.